The summed E-state index contributed by atoms with van der Waals surface area (Å²) in [5.74, 6) is -0.613. The van der Waals surface area contributed by atoms with Gasteiger partial charge in [-0.15, -0.1) is 0 Å². The Hall–Kier alpha value is -2.31. The molecule has 25 heavy (non-hydrogen) atoms. The van der Waals surface area contributed by atoms with Gasteiger partial charge >= 0.3 is 12.0 Å². The van der Waals surface area contributed by atoms with Gasteiger partial charge < -0.3 is 20.1 Å². The number of aliphatic carboxylic acids is 1. The number of carbonyl (C=O) groups excluding carboxylic acids is 1. The molecule has 7 heteroatoms. The van der Waals surface area contributed by atoms with E-state index < -0.39 is 11.9 Å². The van der Waals surface area contributed by atoms with E-state index >= 15 is 0 Å². The average molecular weight is 347 g/mol. The molecule has 0 aromatic carbocycles. The largest absolute Gasteiger partial charge is 0.481 e. The third-order valence-corrected chi connectivity index (χ3v) is 4.87. The highest BCUT2D eigenvalue weighted by Crippen LogP contribution is 2.24. The number of nitrogens with zero attached hydrogens (tertiary/aromatic N) is 2. The molecule has 3 rings (SSSR count). The van der Waals surface area contributed by atoms with Crippen LogP contribution in [0.3, 0.4) is 0 Å². The third kappa shape index (κ3) is 4.61. The van der Waals surface area contributed by atoms with Crippen molar-refractivity contribution < 1.29 is 19.4 Å². The maximum atomic E-state index is 12.4. The zero-order valence-electron chi connectivity index (χ0n) is 14.5. The Morgan fingerprint density at radius 2 is 2.04 bits per heavy atom. The topological polar surface area (TPSA) is 91.8 Å². The smallest absolute Gasteiger partial charge is 0.321 e. The summed E-state index contributed by atoms with van der Waals surface area (Å²) in [5.41, 5.74) is 0.578. The number of pyridine rings is 1. The van der Waals surface area contributed by atoms with Gasteiger partial charge in [-0.2, -0.15) is 0 Å². The Labute approximate surface area is 147 Å². The standard InChI is InChI=1S/C18H25N3O4/c1-12-8-13(17(22)23)11-21(10-12)18(24)20-14-6-7-16(19-9-14)25-15-4-2-3-5-15/h6-7,9,12-13,15H,2-5,8,10-11H2,1H3,(H,20,24)(H,22,23). The van der Waals surface area contributed by atoms with Crippen LogP contribution in [0.5, 0.6) is 5.88 Å². The molecule has 2 unspecified atom stereocenters. The number of ether oxygens (including phenoxy) is 1. The number of carboxylic acids is 1. The van der Waals surface area contributed by atoms with Crippen LogP contribution in [0.15, 0.2) is 18.3 Å². The maximum Gasteiger partial charge on any atom is 0.321 e. The predicted molar refractivity (Wildman–Crippen MR) is 92.6 cm³/mol. The summed E-state index contributed by atoms with van der Waals surface area (Å²) in [4.78, 5) is 29.4. The number of urea groups is 1. The van der Waals surface area contributed by atoms with E-state index in [1.807, 2.05) is 6.92 Å². The number of hydrogen-bond acceptors (Lipinski definition) is 4. The van der Waals surface area contributed by atoms with E-state index in [9.17, 15) is 14.7 Å². The normalized spacial score (nSPS) is 24.1. The summed E-state index contributed by atoms with van der Waals surface area (Å²) < 4.78 is 5.81. The Kier molecular flexibility index (Phi) is 5.40. The van der Waals surface area contributed by atoms with Crippen molar-refractivity contribution in [1.29, 1.82) is 0 Å². The second-order valence-electron chi connectivity index (χ2n) is 7.12. The van der Waals surface area contributed by atoms with E-state index in [0.29, 0.717) is 24.5 Å². The van der Waals surface area contributed by atoms with Crippen LogP contribution >= 0.6 is 0 Å². The van der Waals surface area contributed by atoms with Crippen LogP contribution in [0, 0.1) is 11.8 Å². The minimum Gasteiger partial charge on any atom is -0.481 e. The van der Waals surface area contributed by atoms with Crippen molar-refractivity contribution in [3.8, 4) is 5.88 Å². The van der Waals surface area contributed by atoms with E-state index in [-0.39, 0.29) is 24.6 Å². The van der Waals surface area contributed by atoms with Crippen molar-refractivity contribution >= 4 is 17.7 Å². The number of carboxylic acid groups (broad SMARTS) is 1. The first-order valence-electron chi connectivity index (χ1n) is 8.92. The lowest BCUT2D eigenvalue weighted by Gasteiger charge is -2.34. The lowest BCUT2D eigenvalue weighted by Crippen LogP contribution is -2.47. The molecule has 1 aliphatic heterocycles. The molecule has 1 aromatic heterocycles. The first-order valence-corrected chi connectivity index (χ1v) is 8.92. The first-order chi connectivity index (χ1) is 12.0. The van der Waals surface area contributed by atoms with Crippen LogP contribution < -0.4 is 10.1 Å². The summed E-state index contributed by atoms with van der Waals surface area (Å²) in [6.45, 7) is 2.76. The van der Waals surface area contributed by atoms with E-state index in [2.05, 4.69) is 10.3 Å². The fraction of sp³-hybridized carbons (Fsp3) is 0.611. The summed E-state index contributed by atoms with van der Waals surface area (Å²) in [6, 6.07) is 3.23. The number of nitrogens with one attached hydrogen (secondary N) is 1. The van der Waals surface area contributed by atoms with E-state index in [4.69, 9.17) is 4.74 Å². The van der Waals surface area contributed by atoms with Crippen molar-refractivity contribution in [2.45, 2.75) is 45.1 Å². The highest BCUT2D eigenvalue weighted by Gasteiger charge is 2.31. The zero-order chi connectivity index (χ0) is 17.8. The fourth-order valence-corrected chi connectivity index (χ4v) is 3.60. The molecule has 2 atom stereocenters. The summed E-state index contributed by atoms with van der Waals surface area (Å²) in [5, 5.41) is 12.0. The van der Waals surface area contributed by atoms with Gasteiger partial charge in [0.1, 0.15) is 6.10 Å². The third-order valence-electron chi connectivity index (χ3n) is 4.87. The van der Waals surface area contributed by atoms with Crippen LogP contribution in [0.25, 0.3) is 0 Å². The molecule has 0 bridgehead atoms. The predicted octanol–water partition coefficient (Wildman–Crippen LogP) is 2.98. The quantitative estimate of drug-likeness (QED) is 0.873. The van der Waals surface area contributed by atoms with Crippen molar-refractivity contribution in [3.05, 3.63) is 18.3 Å². The Morgan fingerprint density at radius 1 is 1.28 bits per heavy atom. The van der Waals surface area contributed by atoms with Gasteiger partial charge in [-0.1, -0.05) is 6.92 Å². The number of carbonyl (C=O) groups is 2. The molecule has 0 radical (unpaired) electrons. The molecular weight excluding hydrogens is 322 g/mol. The van der Waals surface area contributed by atoms with E-state index in [0.717, 1.165) is 12.8 Å². The summed E-state index contributed by atoms with van der Waals surface area (Å²) in [6.07, 6.45) is 6.96. The number of hydrogen-bond donors (Lipinski definition) is 2. The van der Waals surface area contributed by atoms with Gasteiger partial charge in [0.05, 0.1) is 17.8 Å². The molecule has 7 nitrogen and oxygen atoms in total. The number of likely N-dealkylation sites (tertiary alicyclic amines) is 1. The van der Waals surface area contributed by atoms with Gasteiger partial charge in [0, 0.05) is 19.2 Å². The van der Waals surface area contributed by atoms with Crippen molar-refractivity contribution in [2.75, 3.05) is 18.4 Å². The second-order valence-corrected chi connectivity index (χ2v) is 7.12. The number of rotatable bonds is 4. The molecule has 1 saturated carbocycles. The second kappa shape index (κ2) is 7.72. The molecule has 2 fully saturated rings. The average Bonchev–Trinajstić information content (AvgIpc) is 3.09. The zero-order valence-corrected chi connectivity index (χ0v) is 14.5. The molecule has 0 spiro atoms. The SMILES string of the molecule is CC1CC(C(=O)O)CN(C(=O)Nc2ccc(OC3CCCC3)nc2)C1. The molecule has 136 valence electrons. The lowest BCUT2D eigenvalue weighted by atomic mass is 9.91. The Morgan fingerprint density at radius 3 is 2.68 bits per heavy atom. The summed E-state index contributed by atoms with van der Waals surface area (Å²) in [7, 11) is 0. The van der Waals surface area contributed by atoms with Crippen LogP contribution in [0.1, 0.15) is 39.0 Å². The van der Waals surface area contributed by atoms with Gasteiger partial charge in [-0.05, 0) is 44.1 Å². The van der Waals surface area contributed by atoms with Crippen LogP contribution in [-0.2, 0) is 4.79 Å². The maximum absolute atomic E-state index is 12.4. The molecule has 2 aliphatic rings. The van der Waals surface area contributed by atoms with E-state index in [1.165, 1.54) is 12.8 Å². The highest BCUT2D eigenvalue weighted by molar-refractivity contribution is 5.89. The van der Waals surface area contributed by atoms with Crippen molar-refractivity contribution in [2.24, 2.45) is 11.8 Å². The van der Waals surface area contributed by atoms with Gasteiger partial charge in [0.2, 0.25) is 5.88 Å². The number of aromatic nitrogens is 1. The molecule has 2 N–H and O–H groups in total. The Balaban J connectivity index is 1.55. The minimum atomic E-state index is -0.848. The molecule has 1 aliphatic carbocycles. The molecule has 2 amide bonds. The Bertz CT molecular complexity index is 613. The number of piperidine rings is 1. The van der Waals surface area contributed by atoms with Crippen molar-refractivity contribution in [1.82, 2.24) is 9.88 Å². The molecule has 2 heterocycles. The van der Waals surface area contributed by atoms with Gasteiger partial charge in [-0.25, -0.2) is 9.78 Å². The van der Waals surface area contributed by atoms with Crippen molar-refractivity contribution in [3.63, 3.8) is 0 Å². The van der Waals surface area contributed by atoms with Crippen LogP contribution in [-0.4, -0.2) is 46.2 Å². The van der Waals surface area contributed by atoms with Gasteiger partial charge in [-0.3, -0.25) is 4.79 Å². The van der Waals surface area contributed by atoms with Crippen LogP contribution in [0.2, 0.25) is 0 Å². The molecule has 1 aromatic rings. The first kappa shape index (κ1) is 17.5. The fourth-order valence-electron chi connectivity index (χ4n) is 3.60. The lowest BCUT2D eigenvalue weighted by molar-refractivity contribution is -0.143. The van der Waals surface area contributed by atoms with Gasteiger partial charge in [0.15, 0.2) is 0 Å². The summed E-state index contributed by atoms with van der Waals surface area (Å²) >= 11 is 0. The monoisotopic (exact) mass is 347 g/mol. The van der Waals surface area contributed by atoms with Crippen LogP contribution in [0.4, 0.5) is 10.5 Å². The van der Waals surface area contributed by atoms with Gasteiger partial charge in [0.25, 0.3) is 0 Å². The molecular formula is C18H25N3O4. The number of amides is 2. The van der Waals surface area contributed by atoms with E-state index in [1.54, 1.807) is 23.2 Å². The minimum absolute atomic E-state index is 0.168. The molecule has 1 saturated heterocycles. The number of anilines is 1. The highest BCUT2D eigenvalue weighted by atomic mass is 16.5.